The topological polar surface area (TPSA) is 52.6 Å². The number of halogens is 26. The quantitative estimate of drug-likeness (QED) is 0.0619. The lowest BCUT2D eigenvalue weighted by Gasteiger charge is -2.39. The van der Waals surface area contributed by atoms with Gasteiger partial charge in [-0.05, 0) is 0 Å². The Balaban J connectivity index is 5.31. The van der Waals surface area contributed by atoms with Crippen molar-refractivity contribution in [1.82, 2.24) is 0 Å². The van der Waals surface area contributed by atoms with E-state index < -0.39 is 132 Å². The van der Waals surface area contributed by atoms with E-state index in [2.05, 4.69) is 9.47 Å². The Hall–Kier alpha value is -2.96. The van der Waals surface area contributed by atoms with E-state index in [4.69, 9.17) is 0 Å². The van der Waals surface area contributed by atoms with Gasteiger partial charge in [0.25, 0.3) is 0 Å². The van der Waals surface area contributed by atoms with Crippen molar-refractivity contribution in [3.05, 3.63) is 0 Å². The molecule has 0 amide bonds. The number of carbonyl (C=O) groups excluding carboxylic acids is 2. The molecule has 0 aromatic rings. The molecule has 0 fully saturated rings. The number of ether oxygens (including phenoxy) is 2. The van der Waals surface area contributed by atoms with Crippen LogP contribution in [0.5, 0.6) is 0 Å². The molecule has 0 aromatic carbocycles. The summed E-state index contributed by atoms with van der Waals surface area (Å²) in [6.07, 6.45) is -21.0. The number of nitrogens with zero attached hydrogens (tertiary/aromatic N) is 2. The van der Waals surface area contributed by atoms with Crippen LogP contribution in [0.2, 0.25) is 0 Å². The minimum atomic E-state index is -8.14. The molecule has 0 saturated carbocycles. The van der Waals surface area contributed by atoms with Crippen LogP contribution in [0.25, 0.3) is 0 Å². The van der Waals surface area contributed by atoms with E-state index in [1.54, 1.807) is 0 Å². The van der Waals surface area contributed by atoms with Gasteiger partial charge in [-0.15, -0.1) is 0 Å². The third-order valence-electron chi connectivity index (χ3n) is 8.00. The number of alkyl halides is 26. The summed E-state index contributed by atoms with van der Waals surface area (Å²) in [5, 5.41) is 0. The van der Waals surface area contributed by atoms with E-state index in [1.807, 2.05) is 0 Å². The molecule has 352 valence electrons. The molecule has 0 unspecified atom stereocenters. The van der Waals surface area contributed by atoms with E-state index in [9.17, 15) is 124 Å². The van der Waals surface area contributed by atoms with E-state index in [1.165, 1.54) is 0 Å². The summed E-state index contributed by atoms with van der Waals surface area (Å²) in [6, 6.07) is 0. The Labute approximate surface area is 313 Å². The fourth-order valence-electron chi connectivity index (χ4n) is 4.38. The minimum Gasteiger partial charge on any atom is -0.461 e. The standard InChI is InChI=1S/C27H30F26N2O4/c1-54(2,12-14(56)58-10-6-16(28,29)18(32,33)20(36,37)22(40,41)24(44,45)26(48,49)50)8-5-9-55(3,4)13-15(57)59-11-7-17(30,31)19(34,35)21(38,39)23(42,43)25(46,47)27(51,52)53/h5-13H2,1-4H3/q+2. The summed E-state index contributed by atoms with van der Waals surface area (Å²) in [4.78, 5) is 24.1. The maximum Gasteiger partial charge on any atom is 0.460 e. The normalized spacial score (nSPS) is 15.7. The molecule has 0 heterocycles. The number of carbonyl (C=O) groups is 2. The van der Waals surface area contributed by atoms with E-state index in [0.29, 0.717) is 0 Å². The molecule has 0 N–H and O–H groups in total. The highest BCUT2D eigenvalue weighted by atomic mass is 19.4. The lowest BCUT2D eigenvalue weighted by Crippen LogP contribution is -2.70. The zero-order valence-corrected chi connectivity index (χ0v) is 29.7. The number of hydrogen-bond donors (Lipinski definition) is 0. The first-order valence-corrected chi connectivity index (χ1v) is 15.3. The lowest BCUT2D eigenvalue weighted by atomic mass is 9.93. The van der Waals surface area contributed by atoms with Crippen molar-refractivity contribution in [2.24, 2.45) is 0 Å². The first-order chi connectivity index (χ1) is 25.4. The summed E-state index contributed by atoms with van der Waals surface area (Å²) in [7, 11) is 4.62. The maximum absolute atomic E-state index is 13.9. The minimum absolute atomic E-state index is 0.146. The smallest absolute Gasteiger partial charge is 0.460 e. The summed E-state index contributed by atoms with van der Waals surface area (Å²) in [6.45, 7) is -6.39. The maximum atomic E-state index is 13.9. The second-order valence-electron chi connectivity index (χ2n) is 13.9. The van der Waals surface area contributed by atoms with Crippen LogP contribution in [0.4, 0.5) is 114 Å². The Bertz CT molecular complexity index is 1350. The van der Waals surface area contributed by atoms with Crippen molar-refractivity contribution in [2.75, 3.05) is 67.6 Å². The van der Waals surface area contributed by atoms with Crippen LogP contribution in [0, 0.1) is 0 Å². The molecule has 0 atom stereocenters. The number of quaternary nitrogens is 2. The third-order valence-corrected chi connectivity index (χ3v) is 8.00. The van der Waals surface area contributed by atoms with Crippen molar-refractivity contribution in [3.63, 3.8) is 0 Å². The first kappa shape index (κ1) is 56.0. The average Bonchev–Trinajstić information content (AvgIpc) is 2.98. The van der Waals surface area contributed by atoms with Gasteiger partial charge in [0.15, 0.2) is 13.1 Å². The molecule has 0 spiro atoms. The largest absolute Gasteiger partial charge is 0.461 e. The van der Waals surface area contributed by atoms with Crippen molar-refractivity contribution < 1.29 is 142 Å². The molecule has 6 nitrogen and oxygen atoms in total. The fourth-order valence-corrected chi connectivity index (χ4v) is 4.38. The molecule has 59 heavy (non-hydrogen) atoms. The van der Waals surface area contributed by atoms with Gasteiger partial charge in [0.2, 0.25) is 0 Å². The molecule has 0 saturated heterocycles. The zero-order valence-electron chi connectivity index (χ0n) is 29.7. The van der Waals surface area contributed by atoms with Crippen molar-refractivity contribution in [3.8, 4) is 0 Å². The fraction of sp³-hybridized carbons (Fsp3) is 0.926. The molecular formula is C27H30F26N2O4+2. The van der Waals surface area contributed by atoms with Crippen LogP contribution in [0.3, 0.4) is 0 Å². The SMILES string of the molecule is C[N+](C)(CCC[N+](C)(C)CC(=O)OCCC(F)(F)C(F)(F)C(F)(F)C(F)(F)C(F)(F)C(F)(F)F)CC(=O)OCCC(F)(F)C(F)(F)C(F)(F)C(F)(F)C(F)(F)C(F)(F)F. The van der Waals surface area contributed by atoms with Crippen molar-refractivity contribution in [2.45, 2.75) is 90.8 Å². The number of likely N-dealkylation sites (N-methyl/N-ethyl adjacent to an activating group) is 2. The van der Waals surface area contributed by atoms with Crippen molar-refractivity contribution >= 4 is 11.9 Å². The molecule has 0 aromatic heterocycles. The predicted octanol–water partition coefficient (Wildman–Crippen LogP) is 8.87. The summed E-state index contributed by atoms with van der Waals surface area (Å²) >= 11 is 0. The Morgan fingerprint density at radius 3 is 0.814 bits per heavy atom. The Morgan fingerprint density at radius 1 is 0.373 bits per heavy atom. The van der Waals surface area contributed by atoms with Crippen LogP contribution in [-0.2, 0) is 19.1 Å². The van der Waals surface area contributed by atoms with Gasteiger partial charge in [0.1, 0.15) is 0 Å². The number of hydrogen-bond acceptors (Lipinski definition) is 4. The molecule has 0 aliphatic heterocycles. The monoisotopic (exact) mass is 940 g/mol. The summed E-state index contributed by atoms with van der Waals surface area (Å²) in [5.74, 6) is -79.8. The Kier molecular flexibility index (Phi) is 15.9. The highest BCUT2D eigenvalue weighted by Gasteiger charge is 2.92. The lowest BCUT2D eigenvalue weighted by molar-refractivity contribution is -0.902. The molecule has 0 bridgehead atoms. The van der Waals surface area contributed by atoms with Gasteiger partial charge in [-0.25, -0.2) is 9.59 Å². The Morgan fingerprint density at radius 2 is 0.593 bits per heavy atom. The number of esters is 2. The molecule has 0 aliphatic carbocycles. The second kappa shape index (κ2) is 16.7. The van der Waals surface area contributed by atoms with Gasteiger partial charge >= 0.3 is 83.5 Å². The zero-order chi connectivity index (χ0) is 47.9. The van der Waals surface area contributed by atoms with Crippen LogP contribution in [-0.4, -0.2) is 160 Å². The van der Waals surface area contributed by atoms with Gasteiger partial charge in [0, 0.05) is 6.42 Å². The van der Waals surface area contributed by atoms with Gasteiger partial charge < -0.3 is 18.4 Å². The highest BCUT2D eigenvalue weighted by molar-refractivity contribution is 5.70. The van der Waals surface area contributed by atoms with Crippen molar-refractivity contribution in [1.29, 1.82) is 0 Å². The molecule has 0 rings (SSSR count). The van der Waals surface area contributed by atoms with Gasteiger partial charge in [-0.3, -0.25) is 0 Å². The van der Waals surface area contributed by atoms with Crippen LogP contribution in [0.1, 0.15) is 19.3 Å². The molecule has 0 radical (unpaired) electrons. The van der Waals surface area contributed by atoms with Gasteiger partial charge in [-0.2, -0.15) is 114 Å². The van der Waals surface area contributed by atoms with Crippen LogP contribution in [0.15, 0.2) is 0 Å². The molecule has 0 aliphatic rings. The summed E-state index contributed by atoms with van der Waals surface area (Å²) in [5.41, 5.74) is 0. The first-order valence-electron chi connectivity index (χ1n) is 15.3. The summed E-state index contributed by atoms with van der Waals surface area (Å²) < 4.78 is 350. The third kappa shape index (κ3) is 10.9. The number of rotatable bonds is 22. The van der Waals surface area contributed by atoms with E-state index >= 15 is 0 Å². The van der Waals surface area contributed by atoms with Gasteiger partial charge in [-0.1, -0.05) is 0 Å². The molecular weight excluding hydrogens is 910 g/mol. The van der Waals surface area contributed by atoms with E-state index in [0.717, 1.165) is 28.2 Å². The van der Waals surface area contributed by atoms with Gasteiger partial charge in [0.05, 0.1) is 67.3 Å². The predicted molar refractivity (Wildman–Crippen MR) is 141 cm³/mol. The highest BCUT2D eigenvalue weighted by Crippen LogP contribution is 2.62. The van der Waals surface area contributed by atoms with Crippen LogP contribution >= 0.6 is 0 Å². The second-order valence-corrected chi connectivity index (χ2v) is 13.9. The molecule has 32 heteroatoms. The average molecular weight is 940 g/mol. The van der Waals surface area contributed by atoms with E-state index in [-0.39, 0.29) is 19.5 Å². The van der Waals surface area contributed by atoms with Crippen LogP contribution < -0.4 is 0 Å².